The first kappa shape index (κ1) is 10.2. The van der Waals surface area contributed by atoms with E-state index in [1.165, 1.54) is 0 Å². The number of ether oxygens (including phenoxy) is 1. The maximum absolute atomic E-state index is 11.0. The Bertz CT molecular complexity index is 117. The van der Waals surface area contributed by atoms with Gasteiger partial charge in [0, 0.05) is 27.2 Å². The molecular weight excluding hydrogens is 144 g/mol. The predicted octanol–water partition coefficient (Wildman–Crippen LogP) is 0.294. The van der Waals surface area contributed by atoms with Gasteiger partial charge >= 0.3 is 6.03 Å². The molecule has 0 unspecified atom stereocenters. The Hall–Kier alpha value is -0.770. The fraction of sp³-hybridized carbons (Fsp3) is 0.857. The lowest BCUT2D eigenvalue weighted by Gasteiger charge is -2.16. The van der Waals surface area contributed by atoms with Crippen LogP contribution in [0.3, 0.4) is 0 Å². The first-order valence-electron chi connectivity index (χ1n) is 3.70. The van der Waals surface area contributed by atoms with Gasteiger partial charge in [-0.25, -0.2) is 4.79 Å². The third-order valence-electron chi connectivity index (χ3n) is 1.31. The van der Waals surface area contributed by atoms with Gasteiger partial charge in [-0.3, -0.25) is 0 Å². The second kappa shape index (κ2) is 5.97. The highest BCUT2D eigenvalue weighted by molar-refractivity contribution is 5.73. The van der Waals surface area contributed by atoms with Gasteiger partial charge in [-0.2, -0.15) is 0 Å². The van der Waals surface area contributed by atoms with Crippen molar-refractivity contribution in [3.8, 4) is 0 Å². The lowest BCUT2D eigenvalue weighted by Crippen LogP contribution is -2.38. The number of carbonyl (C=O) groups is 1. The molecule has 0 aromatic carbocycles. The van der Waals surface area contributed by atoms with Crippen molar-refractivity contribution in [3.05, 3.63) is 0 Å². The lowest BCUT2D eigenvalue weighted by atomic mass is 10.6. The summed E-state index contributed by atoms with van der Waals surface area (Å²) in [6.07, 6.45) is 0. The molecule has 0 spiro atoms. The van der Waals surface area contributed by atoms with E-state index in [1.807, 2.05) is 6.92 Å². The zero-order valence-corrected chi connectivity index (χ0v) is 7.39. The van der Waals surface area contributed by atoms with E-state index < -0.39 is 0 Å². The highest BCUT2D eigenvalue weighted by Gasteiger charge is 2.04. The van der Waals surface area contributed by atoms with Crippen molar-refractivity contribution >= 4 is 6.03 Å². The molecule has 0 aliphatic heterocycles. The number of likely N-dealkylation sites (N-methyl/N-ethyl adjacent to an activating group) is 1. The van der Waals surface area contributed by atoms with Crippen LogP contribution in [0.4, 0.5) is 4.79 Å². The third-order valence-corrected chi connectivity index (χ3v) is 1.31. The number of amides is 2. The van der Waals surface area contributed by atoms with Crippen molar-refractivity contribution in [2.24, 2.45) is 0 Å². The number of nitrogens with zero attached hydrogens (tertiary/aromatic N) is 1. The Morgan fingerprint density at radius 1 is 1.64 bits per heavy atom. The molecule has 2 amide bonds. The second-order valence-electron chi connectivity index (χ2n) is 2.25. The van der Waals surface area contributed by atoms with Crippen LogP contribution < -0.4 is 5.32 Å². The predicted molar refractivity (Wildman–Crippen MR) is 43.6 cm³/mol. The van der Waals surface area contributed by atoms with E-state index in [0.29, 0.717) is 19.7 Å². The van der Waals surface area contributed by atoms with Crippen LogP contribution >= 0.6 is 0 Å². The van der Waals surface area contributed by atoms with E-state index in [0.717, 1.165) is 0 Å². The van der Waals surface area contributed by atoms with Crippen LogP contribution in [0.15, 0.2) is 0 Å². The largest absolute Gasteiger partial charge is 0.383 e. The second-order valence-corrected chi connectivity index (χ2v) is 2.25. The Morgan fingerprint density at radius 2 is 2.27 bits per heavy atom. The zero-order valence-electron chi connectivity index (χ0n) is 7.39. The van der Waals surface area contributed by atoms with Crippen molar-refractivity contribution in [2.75, 3.05) is 33.9 Å². The number of hydrogen-bond acceptors (Lipinski definition) is 2. The summed E-state index contributed by atoms with van der Waals surface area (Å²) < 4.78 is 4.82. The van der Waals surface area contributed by atoms with Crippen LogP contribution in [-0.2, 0) is 4.74 Å². The number of hydrogen-bond donors (Lipinski definition) is 1. The molecule has 0 bridgehead atoms. The van der Waals surface area contributed by atoms with Crippen LogP contribution in [0, 0.1) is 0 Å². The number of nitrogens with one attached hydrogen (secondary N) is 1. The van der Waals surface area contributed by atoms with Gasteiger partial charge in [0.15, 0.2) is 0 Å². The van der Waals surface area contributed by atoms with E-state index in [2.05, 4.69) is 5.32 Å². The standard InChI is InChI=1S/C7H16N2O2/c1-4-8-7(10)9(2)5-6-11-3/h4-6H2,1-3H3,(H,8,10). The van der Waals surface area contributed by atoms with E-state index in [1.54, 1.807) is 19.1 Å². The van der Waals surface area contributed by atoms with Gasteiger partial charge in [0.05, 0.1) is 6.61 Å². The van der Waals surface area contributed by atoms with Gasteiger partial charge in [-0.1, -0.05) is 0 Å². The maximum Gasteiger partial charge on any atom is 0.317 e. The van der Waals surface area contributed by atoms with Gasteiger partial charge in [-0.05, 0) is 6.92 Å². The SMILES string of the molecule is CCNC(=O)N(C)CCOC. The molecule has 0 heterocycles. The number of methoxy groups -OCH3 is 1. The maximum atomic E-state index is 11.0. The molecule has 66 valence electrons. The van der Waals surface area contributed by atoms with Crippen LogP contribution in [-0.4, -0.2) is 44.8 Å². The summed E-state index contributed by atoms with van der Waals surface area (Å²) in [6, 6.07) is -0.0513. The molecule has 0 aliphatic rings. The van der Waals surface area contributed by atoms with Crippen LogP contribution in [0.2, 0.25) is 0 Å². The van der Waals surface area contributed by atoms with Gasteiger partial charge in [0.1, 0.15) is 0 Å². The molecule has 0 rings (SSSR count). The molecule has 0 aliphatic carbocycles. The molecule has 4 nitrogen and oxygen atoms in total. The number of urea groups is 1. The summed E-state index contributed by atoms with van der Waals surface area (Å²) >= 11 is 0. The molecule has 0 fully saturated rings. The summed E-state index contributed by atoms with van der Waals surface area (Å²) in [5.74, 6) is 0. The van der Waals surface area contributed by atoms with Gasteiger partial charge in [-0.15, -0.1) is 0 Å². The van der Waals surface area contributed by atoms with Crippen LogP contribution in [0.5, 0.6) is 0 Å². The fourth-order valence-electron chi connectivity index (χ4n) is 0.616. The van der Waals surface area contributed by atoms with Gasteiger partial charge in [0.2, 0.25) is 0 Å². The Kier molecular flexibility index (Phi) is 5.56. The molecule has 1 N–H and O–H groups in total. The average Bonchev–Trinajstić information content (AvgIpc) is 2.00. The van der Waals surface area contributed by atoms with Gasteiger partial charge < -0.3 is 15.0 Å². The Labute approximate surface area is 67.5 Å². The van der Waals surface area contributed by atoms with Crippen molar-refractivity contribution in [3.63, 3.8) is 0 Å². The van der Waals surface area contributed by atoms with E-state index in [-0.39, 0.29) is 6.03 Å². The number of carbonyl (C=O) groups excluding carboxylic acids is 1. The molecule has 0 saturated carbocycles. The molecular formula is C7H16N2O2. The first-order chi connectivity index (χ1) is 5.22. The molecule has 0 radical (unpaired) electrons. The lowest BCUT2D eigenvalue weighted by molar-refractivity contribution is 0.160. The smallest absolute Gasteiger partial charge is 0.317 e. The molecule has 0 atom stereocenters. The van der Waals surface area contributed by atoms with Crippen LogP contribution in [0.25, 0.3) is 0 Å². The highest BCUT2D eigenvalue weighted by atomic mass is 16.5. The summed E-state index contributed by atoms with van der Waals surface area (Å²) in [7, 11) is 3.36. The van der Waals surface area contributed by atoms with Crippen molar-refractivity contribution < 1.29 is 9.53 Å². The third kappa shape index (κ3) is 4.61. The number of rotatable bonds is 4. The molecule has 0 aromatic rings. The fourth-order valence-corrected chi connectivity index (χ4v) is 0.616. The minimum absolute atomic E-state index is 0.0513. The summed E-state index contributed by atoms with van der Waals surface area (Å²) in [6.45, 7) is 3.76. The topological polar surface area (TPSA) is 41.6 Å². The quantitative estimate of drug-likeness (QED) is 0.642. The van der Waals surface area contributed by atoms with E-state index >= 15 is 0 Å². The van der Waals surface area contributed by atoms with E-state index in [9.17, 15) is 4.79 Å². The molecule has 4 heteroatoms. The molecule has 11 heavy (non-hydrogen) atoms. The van der Waals surface area contributed by atoms with Crippen LogP contribution in [0.1, 0.15) is 6.92 Å². The minimum Gasteiger partial charge on any atom is -0.383 e. The van der Waals surface area contributed by atoms with Crippen molar-refractivity contribution in [1.82, 2.24) is 10.2 Å². The van der Waals surface area contributed by atoms with Crippen molar-refractivity contribution in [1.29, 1.82) is 0 Å². The average molecular weight is 160 g/mol. The van der Waals surface area contributed by atoms with Crippen molar-refractivity contribution in [2.45, 2.75) is 6.92 Å². The minimum atomic E-state index is -0.0513. The monoisotopic (exact) mass is 160 g/mol. The van der Waals surface area contributed by atoms with E-state index in [4.69, 9.17) is 4.74 Å². The molecule has 0 saturated heterocycles. The first-order valence-corrected chi connectivity index (χ1v) is 3.70. The summed E-state index contributed by atoms with van der Waals surface area (Å²) in [5, 5.41) is 2.69. The Morgan fingerprint density at radius 3 is 2.73 bits per heavy atom. The normalized spacial score (nSPS) is 9.36. The zero-order chi connectivity index (χ0) is 8.69. The van der Waals surface area contributed by atoms with Gasteiger partial charge in [0.25, 0.3) is 0 Å². The molecule has 0 aromatic heterocycles. The highest BCUT2D eigenvalue weighted by Crippen LogP contribution is 1.83. The summed E-state index contributed by atoms with van der Waals surface area (Å²) in [4.78, 5) is 12.6. The summed E-state index contributed by atoms with van der Waals surface area (Å²) in [5.41, 5.74) is 0. The Balaban J connectivity index is 3.46.